The summed E-state index contributed by atoms with van der Waals surface area (Å²) < 4.78 is 30.2. The van der Waals surface area contributed by atoms with Gasteiger partial charge in [0.1, 0.15) is 24.3 Å². The maximum atomic E-state index is 14.1. The molecule has 2 aromatic carbocycles. The van der Waals surface area contributed by atoms with E-state index in [-0.39, 0.29) is 30.0 Å². The highest BCUT2D eigenvalue weighted by Gasteiger charge is 2.27. The molecule has 0 spiro atoms. The molecule has 2 heterocycles. The van der Waals surface area contributed by atoms with Gasteiger partial charge in [0.15, 0.2) is 0 Å². The van der Waals surface area contributed by atoms with E-state index in [1.165, 1.54) is 37.7 Å². The first kappa shape index (κ1) is 20.7. The SMILES string of the molecule is COC(=O)c1cncc(OCC2CN(C(=O)c3ccc(F)c4ccccc34)CCO2)c1. The predicted octanol–water partition coefficient (Wildman–Crippen LogP) is 3.08. The quantitative estimate of drug-likeness (QED) is 0.586. The van der Waals surface area contributed by atoms with Crippen molar-refractivity contribution in [2.45, 2.75) is 6.10 Å². The summed E-state index contributed by atoms with van der Waals surface area (Å²) >= 11 is 0. The molecule has 0 bridgehead atoms. The fourth-order valence-corrected chi connectivity index (χ4v) is 3.54. The minimum atomic E-state index is -0.504. The van der Waals surface area contributed by atoms with E-state index in [0.29, 0.717) is 41.8 Å². The lowest BCUT2D eigenvalue weighted by Gasteiger charge is -2.33. The Morgan fingerprint density at radius 2 is 2.00 bits per heavy atom. The molecule has 31 heavy (non-hydrogen) atoms. The summed E-state index contributed by atoms with van der Waals surface area (Å²) in [7, 11) is 1.29. The molecule has 160 valence electrons. The van der Waals surface area contributed by atoms with Gasteiger partial charge in [-0.2, -0.15) is 0 Å². The van der Waals surface area contributed by atoms with Crippen LogP contribution in [-0.2, 0) is 9.47 Å². The molecular weight excluding hydrogens is 403 g/mol. The molecule has 1 fully saturated rings. The molecule has 7 nitrogen and oxygen atoms in total. The first-order valence-corrected chi connectivity index (χ1v) is 9.81. The molecule has 1 aliphatic heterocycles. The number of fused-ring (bicyclic) bond motifs is 1. The second-order valence-corrected chi connectivity index (χ2v) is 7.10. The van der Waals surface area contributed by atoms with Crippen molar-refractivity contribution < 1.29 is 28.2 Å². The van der Waals surface area contributed by atoms with Crippen molar-refractivity contribution in [2.75, 3.05) is 33.4 Å². The molecule has 1 unspecified atom stereocenters. The molecule has 1 amide bonds. The van der Waals surface area contributed by atoms with Gasteiger partial charge in [-0.25, -0.2) is 9.18 Å². The number of morpholine rings is 1. The predicted molar refractivity (Wildman–Crippen MR) is 111 cm³/mol. The Morgan fingerprint density at radius 1 is 1.19 bits per heavy atom. The van der Waals surface area contributed by atoms with Gasteiger partial charge in [0.2, 0.25) is 0 Å². The van der Waals surface area contributed by atoms with Crippen molar-refractivity contribution in [3.05, 3.63) is 71.8 Å². The minimum absolute atomic E-state index is 0.181. The highest BCUT2D eigenvalue weighted by atomic mass is 19.1. The largest absolute Gasteiger partial charge is 0.489 e. The fourth-order valence-electron chi connectivity index (χ4n) is 3.54. The van der Waals surface area contributed by atoms with Gasteiger partial charge in [-0.05, 0) is 23.6 Å². The molecule has 4 rings (SSSR count). The summed E-state index contributed by atoms with van der Waals surface area (Å²) in [6, 6.07) is 11.3. The number of rotatable bonds is 5. The maximum Gasteiger partial charge on any atom is 0.339 e. The Kier molecular flexibility index (Phi) is 6.08. The van der Waals surface area contributed by atoms with Crippen molar-refractivity contribution in [1.82, 2.24) is 9.88 Å². The Labute approximate surface area is 178 Å². The summed E-state index contributed by atoms with van der Waals surface area (Å²) in [5.74, 6) is -0.642. The second kappa shape index (κ2) is 9.09. The zero-order valence-electron chi connectivity index (χ0n) is 16.9. The van der Waals surface area contributed by atoms with Crippen LogP contribution in [0.3, 0.4) is 0 Å². The second-order valence-electron chi connectivity index (χ2n) is 7.10. The Hall–Kier alpha value is -3.52. The number of pyridine rings is 1. The van der Waals surface area contributed by atoms with Crippen LogP contribution in [0.1, 0.15) is 20.7 Å². The number of methoxy groups -OCH3 is 1. The first-order valence-electron chi connectivity index (χ1n) is 9.81. The van der Waals surface area contributed by atoms with E-state index in [2.05, 4.69) is 9.72 Å². The number of hydrogen-bond donors (Lipinski definition) is 0. The zero-order chi connectivity index (χ0) is 21.8. The van der Waals surface area contributed by atoms with Crippen LogP contribution < -0.4 is 4.74 Å². The topological polar surface area (TPSA) is 78.0 Å². The summed E-state index contributed by atoms with van der Waals surface area (Å²) in [5, 5.41) is 0.997. The number of benzene rings is 2. The van der Waals surface area contributed by atoms with Gasteiger partial charge in [-0.3, -0.25) is 9.78 Å². The van der Waals surface area contributed by atoms with Crippen molar-refractivity contribution in [1.29, 1.82) is 0 Å². The van der Waals surface area contributed by atoms with Gasteiger partial charge >= 0.3 is 5.97 Å². The van der Waals surface area contributed by atoms with Crippen molar-refractivity contribution in [2.24, 2.45) is 0 Å². The first-order chi connectivity index (χ1) is 15.1. The summed E-state index contributed by atoms with van der Waals surface area (Å²) in [4.78, 5) is 30.4. The highest BCUT2D eigenvalue weighted by Crippen LogP contribution is 2.24. The Balaban J connectivity index is 1.44. The number of nitrogens with zero attached hydrogens (tertiary/aromatic N) is 2. The third-order valence-electron chi connectivity index (χ3n) is 5.10. The van der Waals surface area contributed by atoms with Gasteiger partial charge in [0, 0.05) is 23.7 Å². The third kappa shape index (κ3) is 4.49. The van der Waals surface area contributed by atoms with E-state index in [0.717, 1.165) is 0 Å². The number of esters is 1. The van der Waals surface area contributed by atoms with Crippen molar-refractivity contribution in [3.63, 3.8) is 0 Å². The van der Waals surface area contributed by atoms with Crippen LogP contribution in [0.25, 0.3) is 10.8 Å². The van der Waals surface area contributed by atoms with E-state index < -0.39 is 5.97 Å². The molecular formula is C23H21FN2O5. The summed E-state index contributed by atoms with van der Waals surface area (Å²) in [5.41, 5.74) is 0.734. The van der Waals surface area contributed by atoms with E-state index in [4.69, 9.17) is 9.47 Å². The lowest BCUT2D eigenvalue weighted by atomic mass is 10.0. The molecule has 8 heteroatoms. The number of hydrogen-bond acceptors (Lipinski definition) is 6. The summed E-state index contributed by atoms with van der Waals surface area (Å²) in [6.45, 7) is 1.30. The van der Waals surface area contributed by atoms with Gasteiger partial charge in [-0.1, -0.05) is 24.3 Å². The average molecular weight is 424 g/mol. The lowest BCUT2D eigenvalue weighted by molar-refractivity contribution is -0.0401. The number of ether oxygens (including phenoxy) is 3. The summed E-state index contributed by atoms with van der Waals surface area (Å²) in [6.07, 6.45) is 2.53. The van der Waals surface area contributed by atoms with Crippen LogP contribution >= 0.6 is 0 Å². The van der Waals surface area contributed by atoms with Crippen molar-refractivity contribution >= 4 is 22.6 Å². The smallest absolute Gasteiger partial charge is 0.339 e. The van der Waals surface area contributed by atoms with Crippen LogP contribution in [0.15, 0.2) is 54.9 Å². The number of carbonyl (C=O) groups is 2. The van der Waals surface area contributed by atoms with Gasteiger partial charge in [0.05, 0.1) is 32.0 Å². The molecule has 1 aromatic heterocycles. The monoisotopic (exact) mass is 424 g/mol. The third-order valence-corrected chi connectivity index (χ3v) is 5.10. The molecule has 1 saturated heterocycles. The number of amides is 1. The zero-order valence-corrected chi connectivity index (χ0v) is 16.9. The minimum Gasteiger partial charge on any atom is -0.489 e. The van der Waals surface area contributed by atoms with E-state index in [9.17, 15) is 14.0 Å². The van der Waals surface area contributed by atoms with Crippen LogP contribution in [0.5, 0.6) is 5.75 Å². The molecule has 1 atom stereocenters. The maximum absolute atomic E-state index is 14.1. The van der Waals surface area contributed by atoms with Crippen LogP contribution in [0, 0.1) is 5.82 Å². The van der Waals surface area contributed by atoms with Gasteiger partial charge in [-0.15, -0.1) is 0 Å². The van der Waals surface area contributed by atoms with Gasteiger partial charge in [0.25, 0.3) is 5.91 Å². The molecule has 0 N–H and O–H groups in total. The molecule has 0 aliphatic carbocycles. The fraction of sp³-hybridized carbons (Fsp3) is 0.261. The van der Waals surface area contributed by atoms with Crippen LogP contribution in [0.4, 0.5) is 4.39 Å². The Bertz CT molecular complexity index is 1120. The molecule has 1 aliphatic rings. The number of halogens is 1. The lowest BCUT2D eigenvalue weighted by Crippen LogP contribution is -2.47. The molecule has 0 radical (unpaired) electrons. The Morgan fingerprint density at radius 3 is 2.81 bits per heavy atom. The van der Waals surface area contributed by atoms with E-state index in [1.54, 1.807) is 29.2 Å². The number of aromatic nitrogens is 1. The van der Waals surface area contributed by atoms with Gasteiger partial charge < -0.3 is 19.1 Å². The highest BCUT2D eigenvalue weighted by molar-refractivity contribution is 6.07. The standard InChI is InChI=1S/C23H21FN2O5/c1-29-23(28)15-10-16(12-25-11-15)31-14-17-13-26(8-9-30-17)22(27)20-6-7-21(24)19-5-3-2-4-18(19)20/h2-7,10-12,17H,8-9,13-14H2,1H3. The van der Waals surface area contributed by atoms with Crippen LogP contribution in [0.2, 0.25) is 0 Å². The van der Waals surface area contributed by atoms with E-state index >= 15 is 0 Å². The van der Waals surface area contributed by atoms with Crippen LogP contribution in [-0.4, -0.2) is 61.3 Å². The van der Waals surface area contributed by atoms with E-state index in [1.807, 2.05) is 0 Å². The molecule has 3 aromatic rings. The average Bonchev–Trinajstić information content (AvgIpc) is 2.82. The van der Waals surface area contributed by atoms with Crippen molar-refractivity contribution in [3.8, 4) is 5.75 Å². The normalized spacial score (nSPS) is 16.2. The molecule has 0 saturated carbocycles. The number of carbonyl (C=O) groups excluding carboxylic acids is 2.